The molecule has 7 heteroatoms. The summed E-state index contributed by atoms with van der Waals surface area (Å²) in [5, 5.41) is 5.49. The Balaban J connectivity index is 1.67. The Morgan fingerprint density at radius 2 is 1.81 bits per heavy atom. The minimum Gasteiger partial charge on any atom is -0.293 e. The van der Waals surface area contributed by atoms with E-state index in [1.54, 1.807) is 4.90 Å². The van der Waals surface area contributed by atoms with E-state index < -0.39 is 0 Å². The SMILES string of the molecule is CCCCCCN1C(=O)/C(=C/c2cn(-c3ccccc3)nc2-c2ccc(Cl)cc2)SC1=S. The van der Waals surface area contributed by atoms with Crippen LogP contribution in [0.15, 0.2) is 65.7 Å². The Hall–Kier alpha value is -2.41. The zero-order valence-corrected chi connectivity index (χ0v) is 20.2. The van der Waals surface area contributed by atoms with Gasteiger partial charge in [0.25, 0.3) is 5.91 Å². The molecule has 1 saturated heterocycles. The van der Waals surface area contributed by atoms with Crippen LogP contribution >= 0.6 is 35.6 Å². The van der Waals surface area contributed by atoms with Gasteiger partial charge in [-0.05, 0) is 36.8 Å². The first kappa shape index (κ1) is 22.8. The molecule has 4 rings (SSSR count). The van der Waals surface area contributed by atoms with Gasteiger partial charge >= 0.3 is 0 Å². The van der Waals surface area contributed by atoms with Gasteiger partial charge in [-0.25, -0.2) is 4.68 Å². The van der Waals surface area contributed by atoms with E-state index in [0.717, 1.165) is 41.8 Å². The Bertz CT molecular complexity index is 1140. The Morgan fingerprint density at radius 1 is 1.06 bits per heavy atom. The molecule has 0 N–H and O–H groups in total. The first-order chi connectivity index (χ1) is 15.6. The standard InChI is InChI=1S/C25H24ClN3OS2/c1-2-3-4-8-15-28-24(30)22(32-25(28)31)16-19-17-29(21-9-6-5-7-10-21)27-23(19)18-11-13-20(26)14-12-18/h5-7,9-14,16-17H,2-4,8,15H2,1H3/b22-16-. The first-order valence-electron chi connectivity index (χ1n) is 10.7. The highest BCUT2D eigenvalue weighted by Crippen LogP contribution is 2.35. The number of nitrogens with zero attached hydrogens (tertiary/aromatic N) is 3. The van der Waals surface area contributed by atoms with Crippen molar-refractivity contribution >= 4 is 51.9 Å². The Kier molecular flexibility index (Phi) is 7.45. The molecule has 2 aromatic carbocycles. The maximum absolute atomic E-state index is 13.1. The second-order valence-corrected chi connectivity index (χ2v) is 9.73. The normalized spacial score (nSPS) is 15.2. The minimum atomic E-state index is -0.0222. The third-order valence-electron chi connectivity index (χ3n) is 5.28. The summed E-state index contributed by atoms with van der Waals surface area (Å²) in [6.07, 6.45) is 8.27. The number of benzene rings is 2. The van der Waals surface area contributed by atoms with Crippen molar-refractivity contribution in [2.45, 2.75) is 32.6 Å². The summed E-state index contributed by atoms with van der Waals surface area (Å²) in [5.41, 5.74) is 3.54. The van der Waals surface area contributed by atoms with E-state index in [1.165, 1.54) is 18.2 Å². The number of halogens is 1. The summed E-state index contributed by atoms with van der Waals surface area (Å²) in [6.45, 7) is 2.85. The van der Waals surface area contributed by atoms with E-state index in [1.807, 2.05) is 71.6 Å². The zero-order valence-electron chi connectivity index (χ0n) is 17.8. The molecule has 1 aliphatic heterocycles. The molecule has 32 heavy (non-hydrogen) atoms. The third kappa shape index (κ3) is 5.14. The number of carbonyl (C=O) groups excluding carboxylic acids is 1. The van der Waals surface area contributed by atoms with Gasteiger partial charge in [-0.1, -0.05) is 92.1 Å². The van der Waals surface area contributed by atoms with Crippen molar-refractivity contribution in [1.29, 1.82) is 0 Å². The number of carbonyl (C=O) groups is 1. The summed E-state index contributed by atoms with van der Waals surface area (Å²) < 4.78 is 2.46. The van der Waals surface area contributed by atoms with Crippen molar-refractivity contribution in [3.05, 3.63) is 76.3 Å². The molecule has 0 radical (unpaired) electrons. The molecular formula is C25H24ClN3OS2. The number of unbranched alkanes of at least 4 members (excludes halogenated alkanes) is 3. The van der Waals surface area contributed by atoms with Crippen LogP contribution in [0, 0.1) is 0 Å². The molecule has 1 aliphatic rings. The molecule has 0 spiro atoms. The van der Waals surface area contributed by atoms with Crippen LogP contribution < -0.4 is 0 Å². The van der Waals surface area contributed by atoms with Crippen LogP contribution in [0.2, 0.25) is 5.02 Å². The van der Waals surface area contributed by atoms with Crippen LogP contribution in [0.3, 0.4) is 0 Å². The lowest BCUT2D eigenvalue weighted by Crippen LogP contribution is -2.29. The molecule has 3 aromatic rings. The minimum absolute atomic E-state index is 0.0222. The van der Waals surface area contributed by atoms with Crippen LogP contribution in [-0.2, 0) is 4.79 Å². The third-order valence-corrected chi connectivity index (χ3v) is 6.91. The molecule has 1 amide bonds. The van der Waals surface area contributed by atoms with Crippen LogP contribution in [0.1, 0.15) is 38.2 Å². The van der Waals surface area contributed by atoms with Crippen molar-refractivity contribution in [3.63, 3.8) is 0 Å². The van der Waals surface area contributed by atoms with Crippen LogP contribution in [0.5, 0.6) is 0 Å². The molecule has 2 heterocycles. The Morgan fingerprint density at radius 3 is 2.53 bits per heavy atom. The van der Waals surface area contributed by atoms with E-state index in [0.29, 0.717) is 20.8 Å². The number of hydrogen-bond donors (Lipinski definition) is 0. The van der Waals surface area contributed by atoms with Gasteiger partial charge in [0.15, 0.2) is 0 Å². The maximum Gasteiger partial charge on any atom is 0.266 e. The van der Waals surface area contributed by atoms with Gasteiger partial charge in [0, 0.05) is 28.9 Å². The predicted molar refractivity (Wildman–Crippen MR) is 138 cm³/mol. The smallest absolute Gasteiger partial charge is 0.266 e. The lowest BCUT2D eigenvalue weighted by atomic mass is 10.1. The number of rotatable bonds is 8. The monoisotopic (exact) mass is 481 g/mol. The lowest BCUT2D eigenvalue weighted by Gasteiger charge is -2.13. The molecule has 1 fully saturated rings. The van der Waals surface area contributed by atoms with Crippen LogP contribution in [-0.4, -0.2) is 31.5 Å². The summed E-state index contributed by atoms with van der Waals surface area (Å²) in [5.74, 6) is -0.0222. The average Bonchev–Trinajstić information content (AvgIpc) is 3.34. The van der Waals surface area contributed by atoms with E-state index >= 15 is 0 Å². The number of hydrogen-bond acceptors (Lipinski definition) is 4. The van der Waals surface area contributed by atoms with Crippen LogP contribution in [0.25, 0.3) is 23.0 Å². The van der Waals surface area contributed by atoms with E-state index in [4.69, 9.17) is 28.9 Å². The highest BCUT2D eigenvalue weighted by Gasteiger charge is 2.32. The van der Waals surface area contributed by atoms with E-state index in [-0.39, 0.29) is 5.91 Å². The second-order valence-electron chi connectivity index (χ2n) is 7.61. The maximum atomic E-state index is 13.1. The molecule has 0 atom stereocenters. The van der Waals surface area contributed by atoms with Crippen molar-refractivity contribution in [1.82, 2.24) is 14.7 Å². The quantitative estimate of drug-likeness (QED) is 0.198. The number of aromatic nitrogens is 2. The predicted octanol–water partition coefficient (Wildman–Crippen LogP) is 6.97. The number of thioether (sulfide) groups is 1. The van der Waals surface area contributed by atoms with E-state index in [2.05, 4.69) is 6.92 Å². The van der Waals surface area contributed by atoms with Crippen LogP contribution in [0.4, 0.5) is 0 Å². The average molecular weight is 482 g/mol. The first-order valence-corrected chi connectivity index (χ1v) is 12.3. The zero-order chi connectivity index (χ0) is 22.5. The second kappa shape index (κ2) is 10.5. The molecule has 4 nitrogen and oxygen atoms in total. The van der Waals surface area contributed by atoms with Gasteiger partial charge in [-0.15, -0.1) is 0 Å². The number of thiocarbonyl (C=S) groups is 1. The van der Waals surface area contributed by atoms with Gasteiger partial charge in [0.05, 0.1) is 16.3 Å². The molecule has 1 aromatic heterocycles. The van der Waals surface area contributed by atoms with Gasteiger partial charge in [-0.2, -0.15) is 5.10 Å². The molecule has 164 valence electrons. The van der Waals surface area contributed by atoms with Gasteiger partial charge in [0.1, 0.15) is 4.32 Å². The summed E-state index contributed by atoms with van der Waals surface area (Å²) in [6, 6.07) is 17.5. The van der Waals surface area contributed by atoms with Crippen molar-refractivity contribution < 1.29 is 4.79 Å². The fourth-order valence-corrected chi connectivity index (χ4v) is 4.99. The molecule has 0 unspecified atom stereocenters. The van der Waals surface area contributed by atoms with E-state index in [9.17, 15) is 4.79 Å². The number of amides is 1. The van der Waals surface area contributed by atoms with Crippen molar-refractivity contribution in [2.75, 3.05) is 6.54 Å². The largest absolute Gasteiger partial charge is 0.293 e. The van der Waals surface area contributed by atoms with Gasteiger partial charge in [-0.3, -0.25) is 9.69 Å². The van der Waals surface area contributed by atoms with Gasteiger partial charge in [0.2, 0.25) is 0 Å². The molecule has 0 saturated carbocycles. The molecule has 0 bridgehead atoms. The number of para-hydroxylation sites is 1. The highest BCUT2D eigenvalue weighted by atomic mass is 35.5. The molecule has 0 aliphatic carbocycles. The Labute approximate surface area is 203 Å². The summed E-state index contributed by atoms with van der Waals surface area (Å²) in [7, 11) is 0. The highest BCUT2D eigenvalue weighted by molar-refractivity contribution is 8.26. The fraction of sp³-hybridized carbons (Fsp3) is 0.240. The molecular weight excluding hydrogens is 458 g/mol. The van der Waals surface area contributed by atoms with Crippen molar-refractivity contribution in [3.8, 4) is 16.9 Å². The van der Waals surface area contributed by atoms with Gasteiger partial charge < -0.3 is 0 Å². The van der Waals surface area contributed by atoms with Crippen molar-refractivity contribution in [2.24, 2.45) is 0 Å². The fourth-order valence-electron chi connectivity index (χ4n) is 3.57. The lowest BCUT2D eigenvalue weighted by molar-refractivity contribution is -0.122. The summed E-state index contributed by atoms with van der Waals surface area (Å²) in [4.78, 5) is 15.4. The topological polar surface area (TPSA) is 38.1 Å². The summed E-state index contributed by atoms with van der Waals surface area (Å²) >= 11 is 13.0.